The number of ether oxygens (including phenoxy) is 1. The normalized spacial score (nSPS) is 10.6. The molecule has 0 aromatic heterocycles. The third kappa shape index (κ3) is 5.39. The number of hydrogen-bond donors (Lipinski definition) is 1. The summed E-state index contributed by atoms with van der Waals surface area (Å²) in [6.45, 7) is 1.82. The molecular formula is C17H16BrN3O4. The minimum absolute atomic E-state index is 0.0864. The molecule has 0 heterocycles. The summed E-state index contributed by atoms with van der Waals surface area (Å²) >= 11 is 3.39. The third-order valence-corrected chi connectivity index (χ3v) is 3.91. The Labute approximate surface area is 153 Å². The van der Waals surface area contributed by atoms with E-state index in [9.17, 15) is 14.9 Å². The Morgan fingerprint density at radius 1 is 1.36 bits per heavy atom. The summed E-state index contributed by atoms with van der Waals surface area (Å²) in [7, 11) is 0. The predicted octanol–water partition coefficient (Wildman–Crippen LogP) is 3.45. The number of hydrazone groups is 1. The fraction of sp³-hybridized carbons (Fsp3) is 0.176. The van der Waals surface area contributed by atoms with E-state index in [-0.39, 0.29) is 12.3 Å². The molecule has 2 aromatic carbocycles. The van der Waals surface area contributed by atoms with Gasteiger partial charge in [0.15, 0.2) is 6.61 Å². The summed E-state index contributed by atoms with van der Waals surface area (Å²) in [5.74, 6) is 0.0799. The first kappa shape index (κ1) is 18.6. The van der Waals surface area contributed by atoms with Gasteiger partial charge in [0.1, 0.15) is 5.75 Å². The van der Waals surface area contributed by atoms with Crippen molar-refractivity contribution < 1.29 is 14.5 Å². The Balaban J connectivity index is 1.90. The van der Waals surface area contributed by atoms with Crippen molar-refractivity contribution in [3.8, 4) is 5.75 Å². The van der Waals surface area contributed by atoms with Crippen molar-refractivity contribution in [1.29, 1.82) is 0 Å². The predicted molar refractivity (Wildman–Crippen MR) is 97.8 cm³/mol. The first-order valence-electron chi connectivity index (χ1n) is 7.47. The van der Waals surface area contributed by atoms with E-state index < -0.39 is 10.8 Å². The van der Waals surface area contributed by atoms with Gasteiger partial charge in [-0.3, -0.25) is 14.9 Å². The number of benzene rings is 2. The first-order chi connectivity index (χ1) is 12.0. The standard InChI is InChI=1S/C17H16BrN3O4/c1-2-12-7-8-16(14(18)9-12)25-11-17(22)20-19-10-13-5-3-4-6-15(13)21(23)24/h3-10H,2,11H2,1H3,(H,20,22). The van der Waals surface area contributed by atoms with Gasteiger partial charge < -0.3 is 4.74 Å². The molecule has 7 nitrogen and oxygen atoms in total. The van der Waals surface area contributed by atoms with Gasteiger partial charge in [-0.25, -0.2) is 5.43 Å². The lowest BCUT2D eigenvalue weighted by Gasteiger charge is -2.08. The highest BCUT2D eigenvalue weighted by Crippen LogP contribution is 2.26. The Morgan fingerprint density at radius 3 is 2.80 bits per heavy atom. The highest BCUT2D eigenvalue weighted by molar-refractivity contribution is 9.10. The average Bonchev–Trinajstić information content (AvgIpc) is 2.60. The number of hydrogen-bond acceptors (Lipinski definition) is 5. The molecule has 0 unspecified atom stereocenters. The van der Waals surface area contributed by atoms with E-state index in [1.807, 2.05) is 19.1 Å². The Kier molecular flexibility index (Phi) is 6.64. The second-order valence-corrected chi connectivity index (χ2v) is 5.87. The van der Waals surface area contributed by atoms with Crippen molar-refractivity contribution in [2.24, 2.45) is 5.10 Å². The van der Waals surface area contributed by atoms with Crippen LogP contribution in [0.4, 0.5) is 5.69 Å². The number of rotatable bonds is 7. The number of halogens is 1. The maximum atomic E-state index is 11.8. The summed E-state index contributed by atoms with van der Waals surface area (Å²) in [5.41, 5.74) is 3.64. The second kappa shape index (κ2) is 8.93. The van der Waals surface area contributed by atoms with Gasteiger partial charge in [0.05, 0.1) is 21.2 Å². The summed E-state index contributed by atoms with van der Waals surface area (Å²) in [6.07, 6.45) is 2.13. The number of nitrogens with zero attached hydrogens (tertiary/aromatic N) is 2. The fourth-order valence-electron chi connectivity index (χ4n) is 1.99. The number of nitro benzene ring substituents is 1. The fourth-order valence-corrected chi connectivity index (χ4v) is 2.53. The number of amides is 1. The number of aryl methyl sites for hydroxylation is 1. The Bertz CT molecular complexity index is 808. The molecule has 1 N–H and O–H groups in total. The number of para-hydroxylation sites is 1. The van der Waals surface area contributed by atoms with Gasteiger partial charge in [0.2, 0.25) is 0 Å². The van der Waals surface area contributed by atoms with Gasteiger partial charge in [0.25, 0.3) is 11.6 Å². The van der Waals surface area contributed by atoms with Crippen molar-refractivity contribution >= 4 is 33.7 Å². The topological polar surface area (TPSA) is 93.8 Å². The largest absolute Gasteiger partial charge is 0.483 e. The third-order valence-electron chi connectivity index (χ3n) is 3.29. The molecule has 0 aliphatic carbocycles. The van der Waals surface area contributed by atoms with E-state index in [1.165, 1.54) is 18.3 Å². The highest BCUT2D eigenvalue weighted by Gasteiger charge is 2.10. The molecule has 0 aliphatic heterocycles. The Hall–Kier alpha value is -2.74. The molecule has 0 radical (unpaired) electrons. The molecule has 0 bridgehead atoms. The molecule has 0 spiro atoms. The number of carbonyl (C=O) groups is 1. The van der Waals surface area contributed by atoms with Gasteiger partial charge in [-0.2, -0.15) is 5.10 Å². The van der Waals surface area contributed by atoms with E-state index in [4.69, 9.17) is 4.74 Å². The van der Waals surface area contributed by atoms with Gasteiger partial charge in [-0.15, -0.1) is 0 Å². The number of nitrogens with one attached hydrogen (secondary N) is 1. The van der Waals surface area contributed by atoms with Crippen molar-refractivity contribution in [1.82, 2.24) is 5.43 Å². The van der Waals surface area contributed by atoms with E-state index in [0.717, 1.165) is 16.5 Å². The van der Waals surface area contributed by atoms with Gasteiger partial charge in [0, 0.05) is 6.07 Å². The van der Waals surface area contributed by atoms with Crippen molar-refractivity contribution in [3.63, 3.8) is 0 Å². The van der Waals surface area contributed by atoms with Crippen LogP contribution in [0.2, 0.25) is 0 Å². The van der Waals surface area contributed by atoms with Crippen LogP contribution in [0.15, 0.2) is 52.0 Å². The quantitative estimate of drug-likeness (QED) is 0.433. The number of carbonyl (C=O) groups excluding carboxylic acids is 1. The Morgan fingerprint density at radius 2 is 2.12 bits per heavy atom. The lowest BCUT2D eigenvalue weighted by Crippen LogP contribution is -2.24. The molecule has 25 heavy (non-hydrogen) atoms. The maximum Gasteiger partial charge on any atom is 0.278 e. The smallest absolute Gasteiger partial charge is 0.278 e. The maximum absolute atomic E-state index is 11.8. The minimum Gasteiger partial charge on any atom is -0.483 e. The van der Waals surface area contributed by atoms with Crippen LogP contribution in [-0.2, 0) is 11.2 Å². The molecule has 0 saturated heterocycles. The zero-order valence-electron chi connectivity index (χ0n) is 13.4. The van der Waals surface area contributed by atoms with Gasteiger partial charge in [-0.1, -0.05) is 25.1 Å². The van der Waals surface area contributed by atoms with E-state index in [1.54, 1.807) is 18.2 Å². The molecule has 2 aromatic rings. The highest BCUT2D eigenvalue weighted by atomic mass is 79.9. The second-order valence-electron chi connectivity index (χ2n) is 5.02. The summed E-state index contributed by atoms with van der Waals surface area (Å²) in [4.78, 5) is 22.1. The van der Waals surface area contributed by atoms with Crippen LogP contribution in [-0.4, -0.2) is 23.7 Å². The van der Waals surface area contributed by atoms with E-state index >= 15 is 0 Å². The lowest BCUT2D eigenvalue weighted by atomic mass is 10.2. The van der Waals surface area contributed by atoms with Crippen LogP contribution >= 0.6 is 15.9 Å². The SMILES string of the molecule is CCc1ccc(OCC(=O)NN=Cc2ccccc2[N+](=O)[O-])c(Br)c1. The molecule has 2 rings (SSSR count). The molecular weight excluding hydrogens is 390 g/mol. The molecule has 0 atom stereocenters. The lowest BCUT2D eigenvalue weighted by molar-refractivity contribution is -0.385. The molecule has 130 valence electrons. The molecule has 0 fully saturated rings. The van der Waals surface area contributed by atoms with Crippen molar-refractivity contribution in [2.75, 3.05) is 6.61 Å². The number of nitro groups is 1. The minimum atomic E-state index is -0.510. The summed E-state index contributed by atoms with van der Waals surface area (Å²) in [5, 5.41) is 14.6. The van der Waals surface area contributed by atoms with Gasteiger partial charge >= 0.3 is 0 Å². The van der Waals surface area contributed by atoms with Crippen LogP contribution in [0, 0.1) is 10.1 Å². The summed E-state index contributed by atoms with van der Waals surface area (Å²) < 4.78 is 6.19. The summed E-state index contributed by atoms with van der Waals surface area (Å²) in [6, 6.07) is 11.7. The van der Waals surface area contributed by atoms with Crippen molar-refractivity contribution in [2.45, 2.75) is 13.3 Å². The van der Waals surface area contributed by atoms with Crippen LogP contribution in [0.3, 0.4) is 0 Å². The van der Waals surface area contributed by atoms with Gasteiger partial charge in [-0.05, 0) is 46.1 Å². The van der Waals surface area contributed by atoms with E-state index in [2.05, 4.69) is 26.5 Å². The van der Waals surface area contributed by atoms with Crippen LogP contribution in [0.5, 0.6) is 5.75 Å². The average molecular weight is 406 g/mol. The van der Waals surface area contributed by atoms with Crippen LogP contribution in [0.25, 0.3) is 0 Å². The zero-order valence-corrected chi connectivity index (χ0v) is 15.0. The van der Waals surface area contributed by atoms with E-state index in [0.29, 0.717) is 11.3 Å². The zero-order chi connectivity index (χ0) is 18.2. The molecule has 0 saturated carbocycles. The molecule has 1 amide bonds. The van der Waals surface area contributed by atoms with Crippen molar-refractivity contribution in [3.05, 3.63) is 68.2 Å². The molecule has 8 heteroatoms. The van der Waals surface area contributed by atoms with Crippen LogP contribution in [0.1, 0.15) is 18.1 Å². The monoisotopic (exact) mass is 405 g/mol. The van der Waals surface area contributed by atoms with Crippen LogP contribution < -0.4 is 10.2 Å². The molecule has 0 aliphatic rings. The first-order valence-corrected chi connectivity index (χ1v) is 8.27.